The van der Waals surface area contributed by atoms with Crippen molar-refractivity contribution in [1.82, 2.24) is 10.6 Å². The minimum absolute atomic E-state index is 0.0112. The first-order valence-corrected chi connectivity index (χ1v) is 16.9. The van der Waals surface area contributed by atoms with Gasteiger partial charge >= 0.3 is 0 Å². The molecule has 0 saturated carbocycles. The van der Waals surface area contributed by atoms with Crippen LogP contribution in [0.25, 0.3) is 0 Å². The van der Waals surface area contributed by atoms with Crippen molar-refractivity contribution in [2.75, 3.05) is 84.3 Å². The van der Waals surface area contributed by atoms with Gasteiger partial charge in [-0.15, -0.1) is 0 Å². The lowest BCUT2D eigenvalue weighted by Crippen LogP contribution is -2.28. The van der Waals surface area contributed by atoms with E-state index in [0.717, 1.165) is 13.0 Å². The Balaban J connectivity index is 2.19. The lowest BCUT2D eigenvalue weighted by Gasteiger charge is -2.17. The first kappa shape index (κ1) is 38.2. The van der Waals surface area contributed by atoms with E-state index >= 15 is 0 Å². The quantitative estimate of drug-likeness (QED) is 0.0568. The lowest BCUT2D eigenvalue weighted by atomic mass is 10.3. The highest BCUT2D eigenvalue weighted by Crippen LogP contribution is 2.26. The van der Waals surface area contributed by atoms with Gasteiger partial charge in [0.1, 0.15) is 31.2 Å². The summed E-state index contributed by atoms with van der Waals surface area (Å²) in [6, 6.07) is 7.64. The minimum atomic E-state index is -0.270. The molecule has 1 atom stereocenters. The molecule has 0 radical (unpaired) electrons. The van der Waals surface area contributed by atoms with Crippen molar-refractivity contribution in [2.24, 2.45) is 0 Å². The Morgan fingerprint density at radius 1 is 0.952 bits per heavy atom. The zero-order chi connectivity index (χ0) is 30.7. The molecule has 0 aliphatic rings. The summed E-state index contributed by atoms with van der Waals surface area (Å²) in [5.41, 5.74) is 0.372. The maximum Gasteiger partial charge on any atom is 0.246 e. The fourth-order valence-electron chi connectivity index (χ4n) is 3.11. The lowest BCUT2D eigenvalue weighted by molar-refractivity contribution is -0.127. The van der Waals surface area contributed by atoms with Gasteiger partial charge in [0.2, 0.25) is 11.8 Å². The topological polar surface area (TPSA) is 126 Å². The van der Waals surface area contributed by atoms with Gasteiger partial charge in [-0.2, -0.15) is 0 Å². The third-order valence-electron chi connectivity index (χ3n) is 5.11. The summed E-state index contributed by atoms with van der Waals surface area (Å²) in [5.74, 6) is 0.307. The van der Waals surface area contributed by atoms with Crippen LogP contribution in [0.1, 0.15) is 33.6 Å². The highest BCUT2D eigenvalue weighted by molar-refractivity contribution is 8.76. The maximum atomic E-state index is 12.3. The fourth-order valence-corrected chi connectivity index (χ4v) is 4.54. The van der Waals surface area contributed by atoms with Crippen LogP contribution in [0.3, 0.4) is 0 Å². The van der Waals surface area contributed by atoms with Gasteiger partial charge in [-0.1, -0.05) is 60.6 Å². The van der Waals surface area contributed by atoms with Crippen LogP contribution in [0.4, 0.5) is 5.69 Å². The molecule has 2 amide bonds. The fraction of sp³-hybridized carbons (Fsp3) is 0.655. The van der Waals surface area contributed by atoms with E-state index < -0.39 is 0 Å². The van der Waals surface area contributed by atoms with E-state index in [4.69, 9.17) is 28.4 Å². The predicted octanol–water partition coefficient (Wildman–Crippen LogP) is 3.85. The number of rotatable bonds is 27. The molecule has 0 aliphatic carbocycles. The van der Waals surface area contributed by atoms with Crippen LogP contribution in [0, 0.1) is 0 Å². The standard InChI is InChI=1S/C29H49N3O8S2/c1-5-6-7-12-31-28(34)21-37-18-19-38-23-40-29(42-41-4)22-39-26-10-8-9-25(20-26)32-27(33)11-14-35-16-17-36-15-13-30-24(2)3/h6-10,20,24,29-30H,5,11-19,21-23H2,1-4H3,(H,31,34)(H,32,33)/b7-6+. The van der Waals surface area contributed by atoms with Crippen LogP contribution < -0.4 is 20.7 Å². The SMILES string of the molecule is CC/C=C/CNC(=O)COCCOCOC(COc1cccc(NC(=O)CCOCCOCCNC(C)C)c1)SSC. The van der Waals surface area contributed by atoms with Gasteiger partial charge < -0.3 is 44.4 Å². The molecular formula is C29H49N3O8S2. The van der Waals surface area contributed by atoms with E-state index in [9.17, 15) is 9.59 Å². The summed E-state index contributed by atoms with van der Waals surface area (Å²) in [6.07, 6.45) is 7.04. The first-order chi connectivity index (χ1) is 20.4. The van der Waals surface area contributed by atoms with Crippen molar-refractivity contribution in [1.29, 1.82) is 0 Å². The van der Waals surface area contributed by atoms with Crippen LogP contribution in [0.15, 0.2) is 36.4 Å². The van der Waals surface area contributed by atoms with E-state index in [1.165, 1.54) is 10.8 Å². The molecule has 0 heterocycles. The zero-order valence-corrected chi connectivity index (χ0v) is 27.0. The summed E-state index contributed by atoms with van der Waals surface area (Å²) < 4.78 is 33.4. The average molecular weight is 632 g/mol. The number of benzene rings is 1. The van der Waals surface area contributed by atoms with Crippen LogP contribution in [-0.4, -0.2) is 102 Å². The van der Waals surface area contributed by atoms with E-state index in [1.54, 1.807) is 22.9 Å². The van der Waals surface area contributed by atoms with Gasteiger partial charge in [-0.3, -0.25) is 9.59 Å². The molecule has 1 aromatic carbocycles. The summed E-state index contributed by atoms with van der Waals surface area (Å²) in [4.78, 5) is 23.9. The Morgan fingerprint density at radius 2 is 1.71 bits per heavy atom. The van der Waals surface area contributed by atoms with Crippen LogP contribution in [0.5, 0.6) is 5.75 Å². The first-order valence-electron chi connectivity index (χ1n) is 14.2. The third kappa shape index (κ3) is 22.7. The summed E-state index contributed by atoms with van der Waals surface area (Å²) in [5, 5.41) is 8.89. The van der Waals surface area contributed by atoms with Crippen LogP contribution in [-0.2, 0) is 33.3 Å². The van der Waals surface area contributed by atoms with E-state index in [1.807, 2.05) is 37.5 Å². The number of amides is 2. The predicted molar refractivity (Wildman–Crippen MR) is 170 cm³/mol. The van der Waals surface area contributed by atoms with Gasteiger partial charge in [-0.25, -0.2) is 0 Å². The average Bonchev–Trinajstić information content (AvgIpc) is 2.96. The third-order valence-corrected chi connectivity index (χ3v) is 7.01. The molecule has 0 aromatic heterocycles. The van der Waals surface area contributed by atoms with E-state index in [2.05, 4.69) is 29.8 Å². The van der Waals surface area contributed by atoms with Crippen molar-refractivity contribution in [3.8, 4) is 5.75 Å². The van der Waals surface area contributed by atoms with Crippen LogP contribution in [0.2, 0.25) is 0 Å². The van der Waals surface area contributed by atoms with Crippen molar-refractivity contribution in [3.05, 3.63) is 36.4 Å². The highest BCUT2D eigenvalue weighted by Gasteiger charge is 2.12. The monoisotopic (exact) mass is 631 g/mol. The van der Waals surface area contributed by atoms with Gasteiger partial charge in [0, 0.05) is 30.9 Å². The van der Waals surface area contributed by atoms with Crippen molar-refractivity contribution >= 4 is 39.1 Å². The number of nitrogens with one attached hydrogen (secondary N) is 3. The Bertz CT molecular complexity index is 864. The van der Waals surface area contributed by atoms with Crippen molar-refractivity contribution < 1.29 is 38.0 Å². The molecule has 0 aliphatic heterocycles. The Hall–Kier alpha value is -1.84. The number of hydrogen-bond acceptors (Lipinski definition) is 11. The molecule has 11 nitrogen and oxygen atoms in total. The van der Waals surface area contributed by atoms with Crippen molar-refractivity contribution in [3.63, 3.8) is 0 Å². The second-order valence-corrected chi connectivity index (χ2v) is 11.7. The van der Waals surface area contributed by atoms with Gasteiger partial charge in [0.15, 0.2) is 0 Å². The molecular weight excluding hydrogens is 582 g/mol. The number of carbonyl (C=O) groups excluding carboxylic acids is 2. The largest absolute Gasteiger partial charge is 0.490 e. The second kappa shape index (κ2) is 26.8. The summed E-state index contributed by atoms with van der Waals surface area (Å²) in [6.45, 7) is 10.4. The molecule has 240 valence electrons. The van der Waals surface area contributed by atoms with Gasteiger partial charge in [-0.05, 0) is 24.8 Å². The normalized spacial score (nSPS) is 12.1. The maximum absolute atomic E-state index is 12.3. The molecule has 1 aromatic rings. The van der Waals surface area contributed by atoms with E-state index in [0.29, 0.717) is 63.7 Å². The van der Waals surface area contributed by atoms with Crippen molar-refractivity contribution in [2.45, 2.75) is 45.1 Å². The molecule has 13 heteroatoms. The molecule has 3 N–H and O–H groups in total. The van der Waals surface area contributed by atoms with Crippen LogP contribution >= 0.6 is 21.6 Å². The molecule has 42 heavy (non-hydrogen) atoms. The molecule has 0 spiro atoms. The molecule has 0 saturated heterocycles. The number of anilines is 1. The Labute approximate surface area is 258 Å². The Kier molecular flexibility index (Phi) is 24.3. The molecule has 0 fully saturated rings. The van der Waals surface area contributed by atoms with E-state index in [-0.39, 0.29) is 43.7 Å². The molecule has 0 bridgehead atoms. The highest BCUT2D eigenvalue weighted by atomic mass is 33.1. The summed E-state index contributed by atoms with van der Waals surface area (Å²) in [7, 11) is 3.08. The molecule has 1 unspecified atom stereocenters. The second-order valence-electron chi connectivity index (χ2n) is 9.09. The van der Waals surface area contributed by atoms with Gasteiger partial charge in [0.25, 0.3) is 0 Å². The van der Waals surface area contributed by atoms with Gasteiger partial charge in [0.05, 0.1) is 46.1 Å². The zero-order valence-electron chi connectivity index (χ0n) is 25.4. The number of allylic oxidation sites excluding steroid dienone is 1. The number of ether oxygens (including phenoxy) is 6. The summed E-state index contributed by atoms with van der Waals surface area (Å²) >= 11 is 0. The number of carbonyl (C=O) groups is 2. The molecule has 1 rings (SSSR count). The smallest absolute Gasteiger partial charge is 0.246 e. The Morgan fingerprint density at radius 3 is 2.48 bits per heavy atom. The minimum Gasteiger partial charge on any atom is -0.490 e. The number of hydrogen-bond donors (Lipinski definition) is 3.